The second-order valence-electron chi connectivity index (χ2n) is 5.85. The first-order valence-electron chi connectivity index (χ1n) is 8.20. The normalized spacial score (nSPS) is 16.1. The molecule has 9 heteroatoms. The van der Waals surface area contributed by atoms with Crippen LogP contribution in [0.15, 0.2) is 18.5 Å². The molecule has 1 N–H and O–H groups in total. The van der Waals surface area contributed by atoms with Gasteiger partial charge < -0.3 is 10.2 Å². The zero-order valence-corrected chi connectivity index (χ0v) is 14.8. The molecule has 2 heterocycles. The van der Waals surface area contributed by atoms with E-state index in [4.69, 9.17) is 0 Å². The predicted molar refractivity (Wildman–Crippen MR) is 92.0 cm³/mol. The summed E-state index contributed by atoms with van der Waals surface area (Å²) in [6.45, 7) is 2.54. The van der Waals surface area contributed by atoms with Crippen LogP contribution in [0.5, 0.6) is 0 Å². The van der Waals surface area contributed by atoms with Gasteiger partial charge in [0.25, 0.3) is 0 Å². The van der Waals surface area contributed by atoms with Crippen molar-refractivity contribution in [2.24, 2.45) is 0 Å². The molecule has 8 nitrogen and oxygen atoms in total. The molecule has 0 bridgehead atoms. The number of sulfonamides is 1. The average molecular weight is 355 g/mol. The Bertz CT molecular complexity index is 615. The molecule has 2 rings (SSSR count). The van der Waals surface area contributed by atoms with Gasteiger partial charge >= 0.3 is 0 Å². The monoisotopic (exact) mass is 355 g/mol. The Balaban J connectivity index is 1.56. The van der Waals surface area contributed by atoms with E-state index in [0.29, 0.717) is 38.5 Å². The highest BCUT2D eigenvalue weighted by molar-refractivity contribution is 7.88. The van der Waals surface area contributed by atoms with Crippen molar-refractivity contribution >= 4 is 21.9 Å². The Kier molecular flexibility index (Phi) is 6.92. The largest absolute Gasteiger partial charge is 0.354 e. The van der Waals surface area contributed by atoms with Gasteiger partial charge in [0.15, 0.2) is 0 Å². The lowest BCUT2D eigenvalue weighted by molar-refractivity contribution is -0.132. The first kappa shape index (κ1) is 18.6. The van der Waals surface area contributed by atoms with E-state index in [-0.39, 0.29) is 5.91 Å². The van der Waals surface area contributed by atoms with E-state index in [1.54, 1.807) is 23.4 Å². The SMILES string of the molecule is CS(=O)(=O)N1CCN(C(=O)CCCCCNc2ncccn2)CC1. The molecule has 0 spiro atoms. The fourth-order valence-electron chi connectivity index (χ4n) is 2.60. The molecule has 0 aromatic carbocycles. The zero-order valence-electron chi connectivity index (χ0n) is 14.0. The van der Waals surface area contributed by atoms with Gasteiger partial charge in [-0.15, -0.1) is 0 Å². The van der Waals surface area contributed by atoms with E-state index in [0.717, 1.165) is 25.8 Å². The number of carbonyl (C=O) groups excluding carboxylic acids is 1. The number of nitrogens with one attached hydrogen (secondary N) is 1. The van der Waals surface area contributed by atoms with Crippen molar-refractivity contribution in [3.63, 3.8) is 0 Å². The van der Waals surface area contributed by atoms with Crippen LogP contribution in [-0.2, 0) is 14.8 Å². The molecule has 1 aliphatic heterocycles. The summed E-state index contributed by atoms with van der Waals surface area (Å²) in [5.41, 5.74) is 0. The highest BCUT2D eigenvalue weighted by Crippen LogP contribution is 2.09. The standard InChI is InChI=1S/C15H25N5O3S/c1-24(22,23)20-12-10-19(11-13-20)14(21)6-3-2-4-7-16-15-17-8-5-9-18-15/h5,8-9H,2-4,6-7,10-13H2,1H3,(H,16,17,18). The molecule has 134 valence electrons. The summed E-state index contributed by atoms with van der Waals surface area (Å²) in [5.74, 6) is 0.736. The fraction of sp³-hybridized carbons (Fsp3) is 0.667. The van der Waals surface area contributed by atoms with E-state index >= 15 is 0 Å². The van der Waals surface area contributed by atoms with Gasteiger partial charge in [-0.05, 0) is 18.9 Å². The summed E-state index contributed by atoms with van der Waals surface area (Å²) < 4.78 is 24.3. The number of aromatic nitrogens is 2. The molecule has 0 atom stereocenters. The molecular formula is C15H25N5O3S. The Hall–Kier alpha value is -1.74. The van der Waals surface area contributed by atoms with E-state index in [1.165, 1.54) is 10.6 Å². The van der Waals surface area contributed by atoms with Crippen molar-refractivity contribution in [2.75, 3.05) is 44.3 Å². The van der Waals surface area contributed by atoms with Gasteiger partial charge in [0.2, 0.25) is 21.9 Å². The minimum absolute atomic E-state index is 0.113. The van der Waals surface area contributed by atoms with Gasteiger partial charge in [0, 0.05) is 51.5 Å². The topological polar surface area (TPSA) is 95.5 Å². The van der Waals surface area contributed by atoms with E-state index in [1.807, 2.05) is 0 Å². The summed E-state index contributed by atoms with van der Waals surface area (Å²) in [5, 5.41) is 3.14. The lowest BCUT2D eigenvalue weighted by Gasteiger charge is -2.33. The van der Waals surface area contributed by atoms with Crippen molar-refractivity contribution < 1.29 is 13.2 Å². The summed E-state index contributed by atoms with van der Waals surface area (Å²) >= 11 is 0. The lowest BCUT2D eigenvalue weighted by Crippen LogP contribution is -2.50. The van der Waals surface area contributed by atoms with E-state index in [9.17, 15) is 13.2 Å². The maximum Gasteiger partial charge on any atom is 0.222 e. The van der Waals surface area contributed by atoms with Crippen LogP contribution in [0.4, 0.5) is 5.95 Å². The van der Waals surface area contributed by atoms with Crippen molar-refractivity contribution in [3.05, 3.63) is 18.5 Å². The summed E-state index contributed by atoms with van der Waals surface area (Å²) in [6, 6.07) is 1.77. The molecule has 0 unspecified atom stereocenters. The number of hydrogen-bond acceptors (Lipinski definition) is 6. The van der Waals surface area contributed by atoms with Gasteiger partial charge in [0.1, 0.15) is 0 Å². The first-order valence-corrected chi connectivity index (χ1v) is 10.1. The Labute approximate surface area is 143 Å². The van der Waals surface area contributed by atoms with Crippen molar-refractivity contribution in [1.82, 2.24) is 19.2 Å². The number of rotatable bonds is 8. The third-order valence-corrected chi connectivity index (χ3v) is 5.28. The van der Waals surface area contributed by atoms with Crippen molar-refractivity contribution in [3.8, 4) is 0 Å². The Morgan fingerprint density at radius 2 is 1.79 bits per heavy atom. The maximum atomic E-state index is 12.1. The summed E-state index contributed by atoms with van der Waals surface area (Å²) in [7, 11) is -3.15. The number of piperazine rings is 1. The maximum absolute atomic E-state index is 12.1. The molecule has 1 fully saturated rings. The summed E-state index contributed by atoms with van der Waals surface area (Å²) in [6.07, 6.45) is 7.85. The first-order chi connectivity index (χ1) is 11.5. The minimum atomic E-state index is -3.15. The van der Waals surface area contributed by atoms with Crippen LogP contribution in [0.3, 0.4) is 0 Å². The smallest absolute Gasteiger partial charge is 0.222 e. The van der Waals surface area contributed by atoms with Gasteiger partial charge in [-0.2, -0.15) is 4.31 Å². The quantitative estimate of drug-likeness (QED) is 0.684. The van der Waals surface area contributed by atoms with Crippen LogP contribution in [0.1, 0.15) is 25.7 Å². The number of amides is 1. The lowest BCUT2D eigenvalue weighted by atomic mass is 10.1. The molecule has 1 saturated heterocycles. The molecule has 0 aliphatic carbocycles. The Morgan fingerprint density at radius 1 is 1.12 bits per heavy atom. The number of hydrogen-bond donors (Lipinski definition) is 1. The molecule has 0 radical (unpaired) electrons. The van der Waals surface area contributed by atoms with E-state index in [2.05, 4.69) is 15.3 Å². The highest BCUT2D eigenvalue weighted by Gasteiger charge is 2.25. The van der Waals surface area contributed by atoms with Crippen LogP contribution in [-0.4, -0.2) is 72.5 Å². The second-order valence-corrected chi connectivity index (χ2v) is 7.84. The van der Waals surface area contributed by atoms with Crippen LogP contribution in [0, 0.1) is 0 Å². The number of nitrogens with zero attached hydrogens (tertiary/aromatic N) is 4. The molecule has 24 heavy (non-hydrogen) atoms. The number of anilines is 1. The molecule has 1 aromatic heterocycles. The highest BCUT2D eigenvalue weighted by atomic mass is 32.2. The number of unbranched alkanes of at least 4 members (excludes halogenated alkanes) is 2. The Morgan fingerprint density at radius 3 is 2.42 bits per heavy atom. The molecule has 1 amide bonds. The summed E-state index contributed by atoms with van der Waals surface area (Å²) in [4.78, 5) is 22.1. The van der Waals surface area contributed by atoms with Crippen LogP contribution in [0.25, 0.3) is 0 Å². The third-order valence-electron chi connectivity index (χ3n) is 3.98. The van der Waals surface area contributed by atoms with Crippen molar-refractivity contribution in [1.29, 1.82) is 0 Å². The van der Waals surface area contributed by atoms with Gasteiger partial charge in [-0.25, -0.2) is 18.4 Å². The zero-order chi connectivity index (χ0) is 17.4. The van der Waals surface area contributed by atoms with Gasteiger partial charge in [-0.1, -0.05) is 6.42 Å². The van der Waals surface area contributed by atoms with Crippen molar-refractivity contribution in [2.45, 2.75) is 25.7 Å². The molecule has 1 aliphatic rings. The molecule has 1 aromatic rings. The van der Waals surface area contributed by atoms with Gasteiger partial charge in [-0.3, -0.25) is 4.79 Å². The van der Waals surface area contributed by atoms with Crippen LogP contribution < -0.4 is 5.32 Å². The average Bonchev–Trinajstić information content (AvgIpc) is 2.58. The third kappa shape index (κ3) is 6.04. The second kappa shape index (κ2) is 8.93. The fourth-order valence-corrected chi connectivity index (χ4v) is 3.42. The van der Waals surface area contributed by atoms with Crippen LogP contribution >= 0.6 is 0 Å². The van der Waals surface area contributed by atoms with E-state index < -0.39 is 10.0 Å². The number of carbonyl (C=O) groups is 1. The molecular weight excluding hydrogens is 330 g/mol. The molecule has 0 saturated carbocycles. The minimum Gasteiger partial charge on any atom is -0.354 e. The van der Waals surface area contributed by atoms with Crippen LogP contribution in [0.2, 0.25) is 0 Å². The predicted octanol–water partition coefficient (Wildman–Crippen LogP) is 0.553. The van der Waals surface area contributed by atoms with Gasteiger partial charge in [0.05, 0.1) is 6.26 Å².